The van der Waals surface area contributed by atoms with Crippen LogP contribution in [0.2, 0.25) is 0 Å². The molecule has 1 heterocycles. The Labute approximate surface area is 99.0 Å². The fourth-order valence-electron chi connectivity index (χ4n) is 2.11. The zero-order valence-electron chi connectivity index (χ0n) is 9.23. The van der Waals surface area contributed by atoms with E-state index in [1.165, 1.54) is 34.0 Å². The summed E-state index contributed by atoms with van der Waals surface area (Å²) in [6, 6.07) is 4.51. The third-order valence-corrected chi connectivity index (χ3v) is 3.36. The summed E-state index contributed by atoms with van der Waals surface area (Å²) in [7, 11) is 0. The molecular formula is C13H16BrN. The Morgan fingerprint density at radius 2 is 2.07 bits per heavy atom. The molecule has 0 bridgehead atoms. The minimum Gasteiger partial charge on any atom is -0.361 e. The lowest BCUT2D eigenvalue weighted by atomic mass is 10.0. The number of aryl methyl sites for hydroxylation is 3. The first kappa shape index (κ1) is 10.7. The molecule has 1 aromatic heterocycles. The fourth-order valence-corrected chi connectivity index (χ4v) is 2.39. The Balaban J connectivity index is 2.49. The predicted molar refractivity (Wildman–Crippen MR) is 69.9 cm³/mol. The van der Waals surface area contributed by atoms with Gasteiger partial charge in [-0.25, -0.2) is 0 Å². The highest BCUT2D eigenvalue weighted by atomic mass is 79.9. The van der Waals surface area contributed by atoms with Crippen LogP contribution in [-0.4, -0.2) is 10.3 Å². The van der Waals surface area contributed by atoms with Crippen molar-refractivity contribution in [1.82, 2.24) is 4.98 Å². The average Bonchev–Trinajstić information content (AvgIpc) is 2.58. The maximum atomic E-state index is 3.48. The summed E-state index contributed by atoms with van der Waals surface area (Å²) in [6.45, 7) is 4.33. The molecule has 0 unspecified atom stereocenters. The van der Waals surface area contributed by atoms with Gasteiger partial charge in [-0.3, -0.25) is 0 Å². The van der Waals surface area contributed by atoms with Gasteiger partial charge in [0.05, 0.1) is 0 Å². The zero-order valence-corrected chi connectivity index (χ0v) is 10.8. The van der Waals surface area contributed by atoms with E-state index in [2.05, 4.69) is 53.1 Å². The van der Waals surface area contributed by atoms with Crippen LogP contribution in [0.3, 0.4) is 0 Å². The number of halogens is 1. The number of aromatic nitrogens is 1. The van der Waals surface area contributed by atoms with E-state index in [4.69, 9.17) is 0 Å². The molecule has 2 aromatic rings. The highest BCUT2D eigenvalue weighted by Crippen LogP contribution is 2.24. The molecule has 1 N–H and O–H groups in total. The van der Waals surface area contributed by atoms with Gasteiger partial charge in [0, 0.05) is 22.4 Å². The van der Waals surface area contributed by atoms with Crippen molar-refractivity contribution in [3.63, 3.8) is 0 Å². The molecular weight excluding hydrogens is 250 g/mol. The molecule has 1 nitrogen and oxygen atoms in total. The van der Waals surface area contributed by atoms with E-state index in [0.717, 1.165) is 11.8 Å². The SMILES string of the molecule is Cc1cc(C)c2[nH]cc(CCCBr)c2c1. The highest BCUT2D eigenvalue weighted by Gasteiger charge is 2.05. The largest absolute Gasteiger partial charge is 0.361 e. The zero-order chi connectivity index (χ0) is 10.8. The summed E-state index contributed by atoms with van der Waals surface area (Å²) in [5.74, 6) is 0. The second kappa shape index (κ2) is 4.40. The number of hydrogen-bond acceptors (Lipinski definition) is 0. The van der Waals surface area contributed by atoms with Gasteiger partial charge < -0.3 is 4.98 Å². The van der Waals surface area contributed by atoms with E-state index in [1.807, 2.05) is 0 Å². The van der Waals surface area contributed by atoms with E-state index < -0.39 is 0 Å². The van der Waals surface area contributed by atoms with Gasteiger partial charge in [-0.15, -0.1) is 0 Å². The smallest absolute Gasteiger partial charge is 0.0486 e. The molecule has 0 saturated heterocycles. The van der Waals surface area contributed by atoms with Gasteiger partial charge in [-0.05, 0) is 43.9 Å². The second-order valence-electron chi connectivity index (χ2n) is 4.11. The van der Waals surface area contributed by atoms with E-state index >= 15 is 0 Å². The Morgan fingerprint density at radius 3 is 2.80 bits per heavy atom. The number of benzene rings is 1. The predicted octanol–water partition coefficient (Wildman–Crippen LogP) is 4.11. The van der Waals surface area contributed by atoms with Crippen molar-refractivity contribution in [2.45, 2.75) is 26.7 Å². The van der Waals surface area contributed by atoms with Crippen molar-refractivity contribution in [3.8, 4) is 0 Å². The molecule has 0 amide bonds. The van der Waals surface area contributed by atoms with Crippen LogP contribution in [0.15, 0.2) is 18.3 Å². The Hall–Kier alpha value is -0.760. The summed E-state index contributed by atoms with van der Waals surface area (Å²) in [4.78, 5) is 3.38. The first-order valence-electron chi connectivity index (χ1n) is 5.35. The molecule has 0 fully saturated rings. The highest BCUT2D eigenvalue weighted by molar-refractivity contribution is 9.09. The van der Waals surface area contributed by atoms with Crippen molar-refractivity contribution in [2.24, 2.45) is 0 Å². The lowest BCUT2D eigenvalue weighted by Crippen LogP contribution is -1.85. The molecule has 0 spiro atoms. The van der Waals surface area contributed by atoms with Crippen LogP contribution < -0.4 is 0 Å². The molecule has 0 aliphatic rings. The third-order valence-electron chi connectivity index (χ3n) is 2.80. The van der Waals surface area contributed by atoms with Crippen molar-refractivity contribution in [1.29, 1.82) is 0 Å². The van der Waals surface area contributed by atoms with E-state index in [1.54, 1.807) is 0 Å². The molecule has 0 aliphatic carbocycles. The molecule has 2 rings (SSSR count). The van der Waals surface area contributed by atoms with Crippen LogP contribution in [0.25, 0.3) is 10.9 Å². The first-order chi connectivity index (χ1) is 7.22. The molecule has 2 heteroatoms. The minimum absolute atomic E-state index is 1.07. The molecule has 0 radical (unpaired) electrons. The van der Waals surface area contributed by atoms with Crippen LogP contribution in [0.1, 0.15) is 23.1 Å². The third kappa shape index (κ3) is 2.10. The van der Waals surface area contributed by atoms with Crippen molar-refractivity contribution < 1.29 is 0 Å². The number of rotatable bonds is 3. The standard InChI is InChI=1S/C13H16BrN/c1-9-6-10(2)13-12(7-9)11(8-15-13)4-3-5-14/h6-8,15H,3-5H2,1-2H3. The lowest BCUT2D eigenvalue weighted by Gasteiger charge is -2.01. The van der Waals surface area contributed by atoms with Crippen molar-refractivity contribution >= 4 is 26.8 Å². The molecule has 0 aliphatic heterocycles. The summed E-state index contributed by atoms with van der Waals surface area (Å²) in [5, 5.41) is 2.47. The van der Waals surface area contributed by atoms with Crippen LogP contribution in [0.5, 0.6) is 0 Å². The summed E-state index contributed by atoms with van der Waals surface area (Å²) < 4.78 is 0. The van der Waals surface area contributed by atoms with Gasteiger partial charge in [0.2, 0.25) is 0 Å². The minimum atomic E-state index is 1.07. The van der Waals surface area contributed by atoms with Gasteiger partial charge in [0.15, 0.2) is 0 Å². The van der Waals surface area contributed by atoms with Gasteiger partial charge in [0.1, 0.15) is 0 Å². The molecule has 1 aromatic carbocycles. The Kier molecular flexibility index (Phi) is 3.15. The van der Waals surface area contributed by atoms with Crippen LogP contribution in [0.4, 0.5) is 0 Å². The first-order valence-corrected chi connectivity index (χ1v) is 6.47. The number of nitrogens with one attached hydrogen (secondary N) is 1. The second-order valence-corrected chi connectivity index (χ2v) is 4.90. The topological polar surface area (TPSA) is 15.8 Å². The Bertz CT molecular complexity index is 471. The van der Waals surface area contributed by atoms with Crippen LogP contribution in [-0.2, 0) is 6.42 Å². The lowest BCUT2D eigenvalue weighted by molar-refractivity contribution is 0.947. The quantitative estimate of drug-likeness (QED) is 0.804. The summed E-state index contributed by atoms with van der Waals surface area (Å²) in [6.07, 6.45) is 4.49. The van der Waals surface area contributed by atoms with E-state index in [0.29, 0.717) is 0 Å². The molecule has 80 valence electrons. The number of alkyl halides is 1. The van der Waals surface area contributed by atoms with Gasteiger partial charge >= 0.3 is 0 Å². The van der Waals surface area contributed by atoms with Gasteiger partial charge in [-0.2, -0.15) is 0 Å². The number of aromatic amines is 1. The van der Waals surface area contributed by atoms with Gasteiger partial charge in [-0.1, -0.05) is 27.6 Å². The van der Waals surface area contributed by atoms with Crippen molar-refractivity contribution in [3.05, 3.63) is 35.0 Å². The fraction of sp³-hybridized carbons (Fsp3) is 0.385. The average molecular weight is 266 g/mol. The van der Waals surface area contributed by atoms with E-state index in [9.17, 15) is 0 Å². The van der Waals surface area contributed by atoms with Crippen LogP contribution >= 0.6 is 15.9 Å². The Morgan fingerprint density at radius 1 is 1.27 bits per heavy atom. The summed E-state index contributed by atoms with van der Waals surface area (Å²) in [5.41, 5.74) is 5.43. The number of fused-ring (bicyclic) bond motifs is 1. The molecule has 0 saturated carbocycles. The van der Waals surface area contributed by atoms with Crippen LogP contribution in [0, 0.1) is 13.8 Å². The van der Waals surface area contributed by atoms with Crippen molar-refractivity contribution in [2.75, 3.05) is 5.33 Å². The summed E-state index contributed by atoms with van der Waals surface area (Å²) >= 11 is 3.48. The maximum absolute atomic E-state index is 3.48. The molecule has 15 heavy (non-hydrogen) atoms. The maximum Gasteiger partial charge on any atom is 0.0486 e. The normalized spacial score (nSPS) is 11.1. The number of H-pyrrole nitrogens is 1. The number of hydrogen-bond donors (Lipinski definition) is 1. The van der Waals surface area contributed by atoms with Gasteiger partial charge in [0.25, 0.3) is 0 Å². The van der Waals surface area contributed by atoms with E-state index in [-0.39, 0.29) is 0 Å². The monoisotopic (exact) mass is 265 g/mol. The molecule has 0 atom stereocenters.